The van der Waals surface area contributed by atoms with Crippen LogP contribution in [-0.2, 0) is 9.59 Å². The van der Waals surface area contributed by atoms with Crippen LogP contribution in [0.3, 0.4) is 0 Å². The van der Waals surface area contributed by atoms with E-state index in [1.54, 1.807) is 41.3 Å². The molecule has 0 radical (unpaired) electrons. The lowest BCUT2D eigenvalue weighted by molar-refractivity contribution is -0.137. The number of benzene rings is 2. The molecule has 1 N–H and O–H groups in total. The predicted octanol–water partition coefficient (Wildman–Crippen LogP) is 2.66. The topological polar surface area (TPSA) is 77.9 Å². The number of nitrogens with zero attached hydrogens (tertiary/aromatic N) is 2. The van der Waals surface area contributed by atoms with E-state index in [1.807, 2.05) is 24.3 Å². The number of carboxylic acids is 1. The molecule has 0 atom stereocenters. The van der Waals surface area contributed by atoms with Gasteiger partial charge in [0.25, 0.3) is 5.91 Å². The maximum atomic E-state index is 12.9. The third kappa shape index (κ3) is 4.53. The summed E-state index contributed by atoms with van der Waals surface area (Å²) in [5.41, 5.74) is 1.21. The number of carbonyl (C=O) groups excluding carboxylic acids is 2. The molecule has 27 heavy (non-hydrogen) atoms. The number of carboxylic acid groups (broad SMARTS) is 1. The number of amides is 2. The molecule has 0 aromatic heterocycles. The summed E-state index contributed by atoms with van der Waals surface area (Å²) >= 11 is 0. The van der Waals surface area contributed by atoms with Crippen molar-refractivity contribution < 1.29 is 19.5 Å². The molecule has 1 heterocycles. The van der Waals surface area contributed by atoms with Gasteiger partial charge in [-0.3, -0.25) is 14.4 Å². The van der Waals surface area contributed by atoms with Gasteiger partial charge in [-0.15, -0.1) is 0 Å². The first kappa shape index (κ1) is 18.6. The van der Waals surface area contributed by atoms with Crippen molar-refractivity contribution in [3.05, 3.63) is 66.2 Å². The van der Waals surface area contributed by atoms with Crippen LogP contribution in [-0.4, -0.2) is 47.4 Å². The van der Waals surface area contributed by atoms with Crippen molar-refractivity contribution in [2.75, 3.05) is 24.5 Å². The van der Waals surface area contributed by atoms with Gasteiger partial charge in [-0.05, 0) is 37.1 Å². The molecule has 2 aromatic carbocycles. The van der Waals surface area contributed by atoms with Gasteiger partial charge < -0.3 is 14.9 Å². The summed E-state index contributed by atoms with van der Waals surface area (Å²) in [5, 5.41) is 9.19. The van der Waals surface area contributed by atoms with Gasteiger partial charge in [0.05, 0.1) is 0 Å². The zero-order valence-electron chi connectivity index (χ0n) is 15.0. The van der Waals surface area contributed by atoms with E-state index in [-0.39, 0.29) is 24.3 Å². The van der Waals surface area contributed by atoms with E-state index < -0.39 is 5.97 Å². The SMILES string of the molecule is O=C(O)CN(C(=O)C1CCN(C(=O)c2ccccc2)CC1)c1ccccc1. The molecule has 6 heteroatoms. The molecule has 1 fully saturated rings. The summed E-state index contributed by atoms with van der Waals surface area (Å²) in [5.74, 6) is -1.57. The van der Waals surface area contributed by atoms with Crippen LogP contribution in [0, 0.1) is 5.92 Å². The highest BCUT2D eigenvalue weighted by molar-refractivity contribution is 5.99. The zero-order valence-corrected chi connectivity index (χ0v) is 15.0. The van der Waals surface area contributed by atoms with Gasteiger partial charge >= 0.3 is 5.97 Å². The van der Waals surface area contributed by atoms with E-state index in [0.29, 0.717) is 37.2 Å². The first-order valence-corrected chi connectivity index (χ1v) is 8.99. The highest BCUT2D eigenvalue weighted by Crippen LogP contribution is 2.24. The monoisotopic (exact) mass is 366 g/mol. The predicted molar refractivity (Wildman–Crippen MR) is 102 cm³/mol. The second kappa shape index (κ2) is 8.49. The molecule has 140 valence electrons. The zero-order chi connectivity index (χ0) is 19.2. The van der Waals surface area contributed by atoms with Crippen molar-refractivity contribution in [3.63, 3.8) is 0 Å². The minimum Gasteiger partial charge on any atom is -0.480 e. The highest BCUT2D eigenvalue weighted by atomic mass is 16.4. The average Bonchev–Trinajstić information content (AvgIpc) is 2.72. The number of hydrogen-bond acceptors (Lipinski definition) is 3. The van der Waals surface area contributed by atoms with Gasteiger partial charge in [0, 0.05) is 30.3 Å². The number of likely N-dealkylation sites (tertiary alicyclic amines) is 1. The molecule has 0 bridgehead atoms. The van der Waals surface area contributed by atoms with Crippen LogP contribution in [0.15, 0.2) is 60.7 Å². The van der Waals surface area contributed by atoms with E-state index in [4.69, 9.17) is 0 Å². The fraction of sp³-hybridized carbons (Fsp3) is 0.286. The Morgan fingerprint density at radius 2 is 1.48 bits per heavy atom. The van der Waals surface area contributed by atoms with Crippen LogP contribution in [0.1, 0.15) is 23.2 Å². The van der Waals surface area contributed by atoms with Crippen molar-refractivity contribution >= 4 is 23.5 Å². The molecule has 6 nitrogen and oxygen atoms in total. The van der Waals surface area contributed by atoms with Crippen LogP contribution >= 0.6 is 0 Å². The summed E-state index contributed by atoms with van der Waals surface area (Å²) in [7, 11) is 0. The molecule has 1 saturated heterocycles. The molecular formula is C21H22N2O4. The maximum Gasteiger partial charge on any atom is 0.323 e. The van der Waals surface area contributed by atoms with E-state index in [2.05, 4.69) is 0 Å². The Morgan fingerprint density at radius 1 is 0.926 bits per heavy atom. The van der Waals surface area contributed by atoms with Crippen LogP contribution in [0.25, 0.3) is 0 Å². The first-order valence-electron chi connectivity index (χ1n) is 8.99. The maximum absolute atomic E-state index is 12.9. The lowest BCUT2D eigenvalue weighted by atomic mass is 9.94. The average molecular weight is 366 g/mol. The van der Waals surface area contributed by atoms with Gasteiger partial charge in [0.1, 0.15) is 6.54 Å². The van der Waals surface area contributed by atoms with Crippen LogP contribution in [0.5, 0.6) is 0 Å². The lowest BCUT2D eigenvalue weighted by Gasteiger charge is -2.34. The number of anilines is 1. The molecule has 3 rings (SSSR count). The number of piperidine rings is 1. The number of carbonyl (C=O) groups is 3. The van der Waals surface area contributed by atoms with E-state index in [1.165, 1.54) is 4.90 Å². The molecule has 0 spiro atoms. The molecule has 0 saturated carbocycles. The Kier molecular flexibility index (Phi) is 5.86. The number of rotatable bonds is 5. The summed E-state index contributed by atoms with van der Waals surface area (Å²) < 4.78 is 0. The number of aliphatic carboxylic acids is 1. The van der Waals surface area contributed by atoms with Gasteiger partial charge in [-0.25, -0.2) is 0 Å². The normalized spacial score (nSPS) is 14.6. The van der Waals surface area contributed by atoms with E-state index in [0.717, 1.165) is 0 Å². The third-order valence-electron chi connectivity index (χ3n) is 4.78. The fourth-order valence-corrected chi connectivity index (χ4v) is 3.35. The molecular weight excluding hydrogens is 344 g/mol. The molecule has 1 aliphatic rings. The molecule has 2 amide bonds. The Labute approximate surface area is 158 Å². The lowest BCUT2D eigenvalue weighted by Crippen LogP contribution is -2.45. The van der Waals surface area contributed by atoms with Crippen molar-refractivity contribution in [2.24, 2.45) is 5.92 Å². The standard InChI is InChI=1S/C21H22N2O4/c24-19(25)15-23(18-9-5-2-6-10-18)21(27)17-11-13-22(14-12-17)20(26)16-7-3-1-4-8-16/h1-10,17H,11-15H2,(H,24,25). The summed E-state index contributed by atoms with van der Waals surface area (Å²) in [4.78, 5) is 39.8. The van der Waals surface area contributed by atoms with Gasteiger partial charge in [-0.1, -0.05) is 36.4 Å². The molecule has 1 aliphatic heterocycles. The second-order valence-corrected chi connectivity index (χ2v) is 6.59. The van der Waals surface area contributed by atoms with Gasteiger partial charge in [0.2, 0.25) is 5.91 Å². The van der Waals surface area contributed by atoms with Crippen LogP contribution < -0.4 is 4.90 Å². The Hall–Kier alpha value is -3.15. The summed E-state index contributed by atoms with van der Waals surface area (Å²) in [6.45, 7) is 0.603. The second-order valence-electron chi connectivity index (χ2n) is 6.59. The van der Waals surface area contributed by atoms with Crippen molar-refractivity contribution in [1.82, 2.24) is 4.90 Å². The van der Waals surface area contributed by atoms with Crippen LogP contribution in [0.2, 0.25) is 0 Å². The smallest absolute Gasteiger partial charge is 0.323 e. The van der Waals surface area contributed by atoms with Crippen LogP contribution in [0.4, 0.5) is 5.69 Å². The van der Waals surface area contributed by atoms with Gasteiger partial charge in [-0.2, -0.15) is 0 Å². The number of para-hydroxylation sites is 1. The third-order valence-corrected chi connectivity index (χ3v) is 4.78. The minimum absolute atomic E-state index is 0.0352. The Bertz CT molecular complexity index is 799. The molecule has 0 unspecified atom stereocenters. The fourth-order valence-electron chi connectivity index (χ4n) is 3.35. The van der Waals surface area contributed by atoms with Crippen molar-refractivity contribution in [3.8, 4) is 0 Å². The van der Waals surface area contributed by atoms with Crippen molar-refractivity contribution in [1.29, 1.82) is 0 Å². The van der Waals surface area contributed by atoms with Crippen molar-refractivity contribution in [2.45, 2.75) is 12.8 Å². The minimum atomic E-state index is -1.05. The Balaban J connectivity index is 1.66. The van der Waals surface area contributed by atoms with Gasteiger partial charge in [0.15, 0.2) is 0 Å². The molecule has 2 aromatic rings. The quantitative estimate of drug-likeness (QED) is 0.882. The highest BCUT2D eigenvalue weighted by Gasteiger charge is 2.31. The van der Waals surface area contributed by atoms with E-state index in [9.17, 15) is 19.5 Å². The summed E-state index contributed by atoms with van der Waals surface area (Å²) in [6, 6.07) is 17.9. The number of hydrogen-bond donors (Lipinski definition) is 1. The summed E-state index contributed by atoms with van der Waals surface area (Å²) in [6.07, 6.45) is 1.06. The first-order chi connectivity index (χ1) is 13.1. The van der Waals surface area contributed by atoms with E-state index >= 15 is 0 Å². The largest absolute Gasteiger partial charge is 0.480 e. The molecule has 0 aliphatic carbocycles. The Morgan fingerprint density at radius 3 is 2.04 bits per heavy atom.